The third-order valence-corrected chi connectivity index (χ3v) is 5.44. The van der Waals surface area contributed by atoms with Gasteiger partial charge in [-0.3, -0.25) is 4.79 Å². The number of halogens is 3. The van der Waals surface area contributed by atoms with E-state index in [0.717, 1.165) is 25.8 Å². The molecule has 140 valence electrons. The lowest BCUT2D eigenvalue weighted by molar-refractivity contribution is -0.134. The number of amides is 1. The molecule has 1 aromatic rings. The zero-order valence-corrected chi connectivity index (χ0v) is 15.1. The summed E-state index contributed by atoms with van der Waals surface area (Å²) in [5.41, 5.74) is 0.214. The summed E-state index contributed by atoms with van der Waals surface area (Å²) in [6, 6.07) is 6.24. The van der Waals surface area contributed by atoms with E-state index in [9.17, 15) is 13.6 Å². The van der Waals surface area contributed by atoms with Crippen molar-refractivity contribution in [1.82, 2.24) is 10.6 Å². The summed E-state index contributed by atoms with van der Waals surface area (Å²) in [7, 11) is 0. The van der Waals surface area contributed by atoms with Crippen molar-refractivity contribution in [1.29, 1.82) is 0 Å². The maximum atomic E-state index is 13.0. The van der Waals surface area contributed by atoms with Crippen molar-refractivity contribution in [2.45, 2.75) is 45.3 Å². The number of hydrogen-bond donors (Lipinski definition) is 2. The molecule has 1 heterocycles. The van der Waals surface area contributed by atoms with E-state index in [1.807, 2.05) is 6.92 Å². The van der Waals surface area contributed by atoms with Crippen molar-refractivity contribution in [3.05, 3.63) is 29.8 Å². The quantitative estimate of drug-likeness (QED) is 0.826. The van der Waals surface area contributed by atoms with Crippen molar-refractivity contribution in [3.8, 4) is 5.75 Å². The summed E-state index contributed by atoms with van der Waals surface area (Å²) >= 11 is 0. The minimum atomic E-state index is -2.88. The number of benzene rings is 1. The summed E-state index contributed by atoms with van der Waals surface area (Å²) in [6.07, 6.45) is 4.19. The van der Waals surface area contributed by atoms with Crippen molar-refractivity contribution < 1.29 is 18.3 Å². The van der Waals surface area contributed by atoms with Gasteiger partial charge < -0.3 is 15.4 Å². The Labute approximate surface area is 153 Å². The first kappa shape index (κ1) is 19.9. The van der Waals surface area contributed by atoms with Crippen LogP contribution >= 0.6 is 12.4 Å². The Kier molecular flexibility index (Phi) is 6.63. The van der Waals surface area contributed by atoms with Crippen molar-refractivity contribution in [3.63, 3.8) is 0 Å². The van der Waals surface area contributed by atoms with E-state index in [4.69, 9.17) is 0 Å². The van der Waals surface area contributed by atoms with Gasteiger partial charge in [-0.2, -0.15) is 8.78 Å². The molecule has 2 aliphatic rings. The predicted octanol–water partition coefficient (Wildman–Crippen LogP) is 3.67. The van der Waals surface area contributed by atoms with E-state index in [0.29, 0.717) is 18.0 Å². The molecular weight excluding hydrogens is 350 g/mol. The van der Waals surface area contributed by atoms with E-state index < -0.39 is 6.61 Å². The lowest BCUT2D eigenvalue weighted by atomic mass is 9.67. The minimum Gasteiger partial charge on any atom is -0.434 e. The molecule has 1 amide bonds. The number of para-hydroxylation sites is 1. The van der Waals surface area contributed by atoms with Crippen LogP contribution in [0.25, 0.3) is 0 Å². The molecule has 2 fully saturated rings. The molecule has 1 saturated carbocycles. The highest BCUT2D eigenvalue weighted by molar-refractivity contribution is 5.85. The van der Waals surface area contributed by atoms with E-state index in [-0.39, 0.29) is 35.5 Å². The standard InChI is InChI=1S/C18H24F2N2O2.ClH/c1-12(14-7-2-3-8-15(14)24-17(19)20)22-16(23)18-9-5-4-6-13(18)10-21-11-18;/h2-3,7-8,12-13,17,21H,4-6,9-11H2,1H3,(H,22,23);1H/t12?,13-,18+;/m0./s1. The number of carbonyl (C=O) groups excluding carboxylic acids is 1. The number of ether oxygens (including phenoxy) is 1. The van der Waals surface area contributed by atoms with Gasteiger partial charge in [-0.1, -0.05) is 31.0 Å². The first-order valence-electron chi connectivity index (χ1n) is 8.58. The summed E-state index contributed by atoms with van der Waals surface area (Å²) in [5.74, 6) is 0.505. The average molecular weight is 375 g/mol. The molecule has 0 spiro atoms. The van der Waals surface area contributed by atoms with E-state index >= 15 is 0 Å². The van der Waals surface area contributed by atoms with Crippen LogP contribution in [0, 0.1) is 11.3 Å². The molecule has 1 unspecified atom stereocenters. The zero-order chi connectivity index (χ0) is 17.2. The van der Waals surface area contributed by atoms with Gasteiger partial charge in [0, 0.05) is 12.1 Å². The first-order valence-corrected chi connectivity index (χ1v) is 8.58. The van der Waals surface area contributed by atoms with Crippen LogP contribution in [-0.4, -0.2) is 25.6 Å². The number of nitrogens with one attached hydrogen (secondary N) is 2. The number of alkyl halides is 2. The fourth-order valence-electron chi connectivity index (χ4n) is 4.15. The molecule has 1 saturated heterocycles. The smallest absolute Gasteiger partial charge is 0.387 e. The fraction of sp³-hybridized carbons (Fsp3) is 0.611. The van der Waals surface area contributed by atoms with Crippen LogP contribution in [0.1, 0.15) is 44.2 Å². The van der Waals surface area contributed by atoms with Gasteiger partial charge in [0.2, 0.25) is 5.91 Å². The fourth-order valence-corrected chi connectivity index (χ4v) is 4.15. The van der Waals surface area contributed by atoms with Crippen LogP contribution < -0.4 is 15.4 Å². The highest BCUT2D eigenvalue weighted by atomic mass is 35.5. The first-order chi connectivity index (χ1) is 11.5. The second kappa shape index (κ2) is 8.32. The van der Waals surface area contributed by atoms with Crippen LogP contribution in [0.5, 0.6) is 5.75 Å². The predicted molar refractivity (Wildman–Crippen MR) is 94.1 cm³/mol. The Balaban J connectivity index is 0.00000225. The highest BCUT2D eigenvalue weighted by Gasteiger charge is 2.50. The summed E-state index contributed by atoms with van der Waals surface area (Å²) in [5, 5.41) is 6.39. The molecule has 1 aliphatic carbocycles. The number of hydrogen-bond acceptors (Lipinski definition) is 3. The number of rotatable bonds is 5. The molecule has 0 aromatic heterocycles. The van der Waals surface area contributed by atoms with E-state index in [1.165, 1.54) is 12.5 Å². The van der Waals surface area contributed by atoms with Crippen LogP contribution in [0.15, 0.2) is 24.3 Å². The zero-order valence-electron chi connectivity index (χ0n) is 14.3. The average Bonchev–Trinajstić information content (AvgIpc) is 3.00. The monoisotopic (exact) mass is 374 g/mol. The Morgan fingerprint density at radius 2 is 2.12 bits per heavy atom. The molecule has 2 N–H and O–H groups in total. The lowest BCUT2D eigenvalue weighted by Crippen LogP contribution is -2.48. The van der Waals surface area contributed by atoms with Crippen LogP contribution in [-0.2, 0) is 4.79 Å². The van der Waals surface area contributed by atoms with Crippen molar-refractivity contribution in [2.24, 2.45) is 11.3 Å². The summed E-state index contributed by atoms with van der Waals surface area (Å²) < 4.78 is 29.7. The molecule has 3 rings (SSSR count). The molecule has 0 bridgehead atoms. The maximum Gasteiger partial charge on any atom is 0.387 e. The molecule has 1 aliphatic heterocycles. The molecule has 0 radical (unpaired) electrons. The van der Waals surface area contributed by atoms with Gasteiger partial charge in [0.15, 0.2) is 0 Å². The highest BCUT2D eigenvalue weighted by Crippen LogP contribution is 2.44. The van der Waals surface area contributed by atoms with Gasteiger partial charge in [-0.05, 0) is 38.3 Å². The van der Waals surface area contributed by atoms with Gasteiger partial charge in [0.05, 0.1) is 11.5 Å². The second-order valence-corrected chi connectivity index (χ2v) is 6.84. The maximum absolute atomic E-state index is 13.0. The van der Waals surface area contributed by atoms with Crippen LogP contribution in [0.3, 0.4) is 0 Å². The topological polar surface area (TPSA) is 50.4 Å². The molecule has 3 atom stereocenters. The third kappa shape index (κ3) is 4.06. The molecule has 25 heavy (non-hydrogen) atoms. The Hall–Kier alpha value is -1.40. The summed E-state index contributed by atoms with van der Waals surface area (Å²) in [4.78, 5) is 13.0. The van der Waals surface area contributed by atoms with Gasteiger partial charge >= 0.3 is 6.61 Å². The molecule has 1 aromatic carbocycles. The Morgan fingerprint density at radius 3 is 2.88 bits per heavy atom. The van der Waals surface area contributed by atoms with Gasteiger partial charge in [-0.25, -0.2) is 0 Å². The SMILES string of the molecule is CC(NC(=O)[C@@]12CCCC[C@H]1CNC2)c1ccccc1OC(F)F.Cl. The number of fused-ring (bicyclic) bond motifs is 1. The van der Waals surface area contributed by atoms with Gasteiger partial charge in [0.1, 0.15) is 5.75 Å². The third-order valence-electron chi connectivity index (χ3n) is 5.44. The number of carbonyl (C=O) groups is 1. The van der Waals surface area contributed by atoms with Crippen molar-refractivity contribution >= 4 is 18.3 Å². The molecular formula is C18H25ClF2N2O2. The minimum absolute atomic E-state index is 0. The largest absolute Gasteiger partial charge is 0.434 e. The van der Waals surface area contributed by atoms with Crippen LogP contribution in [0.2, 0.25) is 0 Å². The normalized spacial score (nSPS) is 26.5. The van der Waals surface area contributed by atoms with Gasteiger partial charge in [-0.15, -0.1) is 12.4 Å². The lowest BCUT2D eigenvalue weighted by Gasteiger charge is -2.38. The Morgan fingerprint density at radius 1 is 1.36 bits per heavy atom. The Bertz CT molecular complexity index is 602. The molecule has 4 nitrogen and oxygen atoms in total. The van der Waals surface area contributed by atoms with Gasteiger partial charge in [0.25, 0.3) is 0 Å². The summed E-state index contributed by atoms with van der Waals surface area (Å²) in [6.45, 7) is 0.509. The second-order valence-electron chi connectivity index (χ2n) is 6.84. The van der Waals surface area contributed by atoms with E-state index in [2.05, 4.69) is 15.4 Å². The van der Waals surface area contributed by atoms with Crippen molar-refractivity contribution in [2.75, 3.05) is 13.1 Å². The van der Waals surface area contributed by atoms with E-state index in [1.54, 1.807) is 18.2 Å². The van der Waals surface area contributed by atoms with Crippen LogP contribution in [0.4, 0.5) is 8.78 Å². The molecule has 7 heteroatoms.